The number of hydrogen-bond acceptors (Lipinski definition) is 6. The number of hydrogen-bond donors (Lipinski definition) is 2. The van der Waals surface area contributed by atoms with Crippen LogP contribution in [0.15, 0.2) is 36.4 Å². The zero-order valence-corrected chi connectivity index (χ0v) is 24.2. The molecule has 3 heterocycles. The Labute approximate surface area is 243 Å². The van der Waals surface area contributed by atoms with E-state index < -0.39 is 0 Å². The zero-order chi connectivity index (χ0) is 28.0. The molecule has 8 heteroatoms. The van der Waals surface area contributed by atoms with Crippen LogP contribution in [-0.4, -0.2) is 75.4 Å². The van der Waals surface area contributed by atoms with Crippen molar-refractivity contribution in [1.29, 1.82) is 0 Å². The maximum atomic E-state index is 14.4. The fourth-order valence-electron chi connectivity index (χ4n) is 6.89. The number of halogens is 1. The molecule has 4 aliphatic rings. The molecule has 222 valence electrons. The Hall–Kier alpha value is -2.84. The van der Waals surface area contributed by atoms with Crippen LogP contribution in [0.2, 0.25) is 0 Å². The minimum absolute atomic E-state index is 0.0321. The number of anilines is 1. The summed E-state index contributed by atoms with van der Waals surface area (Å²) in [5.41, 5.74) is 2.85. The summed E-state index contributed by atoms with van der Waals surface area (Å²) in [5, 5.41) is 6.75. The second kappa shape index (κ2) is 13.4. The summed E-state index contributed by atoms with van der Waals surface area (Å²) in [6.07, 6.45) is 9.83. The largest absolute Gasteiger partial charge is 0.490 e. The molecule has 1 amide bonds. The van der Waals surface area contributed by atoms with Crippen molar-refractivity contribution < 1.29 is 18.7 Å². The molecule has 0 bridgehead atoms. The van der Waals surface area contributed by atoms with E-state index in [1.807, 2.05) is 17.0 Å². The van der Waals surface area contributed by atoms with Crippen molar-refractivity contribution in [2.45, 2.75) is 75.9 Å². The number of carbonyl (C=O) groups is 1. The van der Waals surface area contributed by atoms with Crippen LogP contribution in [-0.2, 0) is 0 Å². The van der Waals surface area contributed by atoms with Crippen LogP contribution in [0.4, 0.5) is 10.1 Å². The van der Waals surface area contributed by atoms with Gasteiger partial charge in [-0.3, -0.25) is 4.79 Å². The molecule has 0 radical (unpaired) electrons. The Kier molecular flexibility index (Phi) is 9.26. The van der Waals surface area contributed by atoms with Crippen LogP contribution in [0.5, 0.6) is 11.5 Å². The lowest BCUT2D eigenvalue weighted by atomic mass is 9.83. The molecule has 0 spiro atoms. The Morgan fingerprint density at radius 3 is 2.22 bits per heavy atom. The van der Waals surface area contributed by atoms with E-state index in [1.54, 1.807) is 6.07 Å². The van der Waals surface area contributed by atoms with E-state index in [2.05, 4.69) is 27.7 Å². The topological polar surface area (TPSA) is 66.1 Å². The maximum Gasteiger partial charge on any atom is 0.253 e. The minimum Gasteiger partial charge on any atom is -0.490 e. The van der Waals surface area contributed by atoms with Crippen LogP contribution in [0, 0.1) is 5.82 Å². The van der Waals surface area contributed by atoms with Gasteiger partial charge in [0.05, 0.1) is 0 Å². The number of rotatable bonds is 7. The maximum absolute atomic E-state index is 14.4. The Balaban J connectivity index is 1.09. The number of likely N-dealkylation sites (tertiary alicyclic amines) is 1. The van der Waals surface area contributed by atoms with Gasteiger partial charge in [0, 0.05) is 75.5 Å². The van der Waals surface area contributed by atoms with E-state index in [0.717, 1.165) is 82.0 Å². The van der Waals surface area contributed by atoms with Gasteiger partial charge >= 0.3 is 0 Å². The molecule has 2 aromatic rings. The van der Waals surface area contributed by atoms with E-state index in [9.17, 15) is 9.18 Å². The fourth-order valence-corrected chi connectivity index (χ4v) is 6.89. The molecule has 6 rings (SSSR count). The Morgan fingerprint density at radius 2 is 1.46 bits per heavy atom. The quantitative estimate of drug-likeness (QED) is 0.488. The molecule has 7 nitrogen and oxygen atoms in total. The van der Waals surface area contributed by atoms with Crippen LogP contribution in [0.3, 0.4) is 0 Å². The number of piperazine rings is 1. The summed E-state index contributed by atoms with van der Waals surface area (Å²) in [6, 6.07) is 11.1. The third-order valence-electron chi connectivity index (χ3n) is 9.25. The molecule has 1 saturated carbocycles. The lowest BCUT2D eigenvalue weighted by Crippen LogP contribution is -2.43. The summed E-state index contributed by atoms with van der Waals surface area (Å²) in [5.74, 6) is 1.82. The van der Waals surface area contributed by atoms with E-state index >= 15 is 0 Å². The van der Waals surface area contributed by atoms with Gasteiger partial charge in [0.25, 0.3) is 5.91 Å². The van der Waals surface area contributed by atoms with Crippen LogP contribution in [0.1, 0.15) is 79.6 Å². The van der Waals surface area contributed by atoms with E-state index in [0.29, 0.717) is 24.8 Å². The van der Waals surface area contributed by atoms with Gasteiger partial charge < -0.3 is 29.9 Å². The summed E-state index contributed by atoms with van der Waals surface area (Å²) >= 11 is 0. The normalized spacial score (nSPS) is 21.6. The summed E-state index contributed by atoms with van der Waals surface area (Å²) in [6.45, 7) is 6.77. The lowest BCUT2D eigenvalue weighted by molar-refractivity contribution is 0.0595. The highest BCUT2D eigenvalue weighted by Gasteiger charge is 2.28. The molecule has 1 aliphatic carbocycles. The first-order valence-corrected chi connectivity index (χ1v) is 15.9. The van der Waals surface area contributed by atoms with Crippen LogP contribution in [0.25, 0.3) is 0 Å². The first kappa shape index (κ1) is 28.3. The second-order valence-electron chi connectivity index (χ2n) is 12.1. The number of carbonyl (C=O) groups excluding carboxylic acids is 1. The van der Waals surface area contributed by atoms with E-state index in [-0.39, 0.29) is 23.9 Å². The highest BCUT2D eigenvalue weighted by molar-refractivity contribution is 5.94. The van der Waals surface area contributed by atoms with E-state index in [1.165, 1.54) is 43.7 Å². The molecule has 0 unspecified atom stereocenters. The van der Waals surface area contributed by atoms with Gasteiger partial charge in [-0.05, 0) is 74.5 Å². The predicted octanol–water partition coefficient (Wildman–Crippen LogP) is 5.10. The van der Waals surface area contributed by atoms with Crippen molar-refractivity contribution in [2.75, 3.05) is 57.3 Å². The van der Waals surface area contributed by atoms with Gasteiger partial charge in [-0.2, -0.15) is 0 Å². The molecule has 3 saturated heterocycles. The lowest BCUT2D eigenvalue weighted by Gasteiger charge is -2.33. The number of benzene rings is 2. The Bertz CT molecular complexity index is 1170. The SMILES string of the molecule is O=C(c1ccc(OC2CCNCC2)c(C2CCCCC2)c1)N1CCC(Oc2cc(F)cc(N3CCNCC3)c2)CC1. The van der Waals surface area contributed by atoms with Crippen molar-refractivity contribution in [3.63, 3.8) is 0 Å². The molecule has 4 fully saturated rings. The van der Waals surface area contributed by atoms with Crippen molar-refractivity contribution in [3.8, 4) is 11.5 Å². The van der Waals surface area contributed by atoms with Gasteiger partial charge in [0.2, 0.25) is 0 Å². The number of nitrogens with zero attached hydrogens (tertiary/aromatic N) is 2. The van der Waals surface area contributed by atoms with Gasteiger partial charge in [0.15, 0.2) is 0 Å². The molecule has 3 aliphatic heterocycles. The average Bonchev–Trinajstić information content (AvgIpc) is 3.02. The highest BCUT2D eigenvalue weighted by atomic mass is 19.1. The van der Waals surface area contributed by atoms with Crippen LogP contribution >= 0.6 is 0 Å². The monoisotopic (exact) mass is 564 g/mol. The zero-order valence-electron chi connectivity index (χ0n) is 24.2. The first-order valence-electron chi connectivity index (χ1n) is 15.9. The van der Waals surface area contributed by atoms with Crippen molar-refractivity contribution >= 4 is 11.6 Å². The molecule has 41 heavy (non-hydrogen) atoms. The number of ether oxygens (including phenoxy) is 2. The summed E-state index contributed by atoms with van der Waals surface area (Å²) in [4.78, 5) is 17.8. The highest BCUT2D eigenvalue weighted by Crippen LogP contribution is 2.39. The molecular weight excluding hydrogens is 519 g/mol. The molecular formula is C33H45FN4O3. The smallest absolute Gasteiger partial charge is 0.253 e. The fraction of sp³-hybridized carbons (Fsp3) is 0.606. The summed E-state index contributed by atoms with van der Waals surface area (Å²) in [7, 11) is 0. The number of nitrogens with one attached hydrogen (secondary N) is 2. The third-order valence-corrected chi connectivity index (χ3v) is 9.25. The van der Waals surface area contributed by atoms with Crippen molar-refractivity contribution in [2.24, 2.45) is 0 Å². The van der Waals surface area contributed by atoms with Gasteiger partial charge in [-0.25, -0.2) is 4.39 Å². The van der Waals surface area contributed by atoms with Crippen LogP contribution < -0.4 is 25.0 Å². The third kappa shape index (κ3) is 7.15. The van der Waals surface area contributed by atoms with Crippen molar-refractivity contribution in [1.82, 2.24) is 15.5 Å². The molecule has 2 aromatic carbocycles. The van der Waals surface area contributed by atoms with Gasteiger partial charge in [0.1, 0.15) is 29.5 Å². The second-order valence-corrected chi connectivity index (χ2v) is 12.1. The summed E-state index contributed by atoms with van der Waals surface area (Å²) < 4.78 is 27.2. The van der Waals surface area contributed by atoms with Gasteiger partial charge in [-0.1, -0.05) is 19.3 Å². The van der Waals surface area contributed by atoms with Crippen molar-refractivity contribution in [3.05, 3.63) is 53.3 Å². The van der Waals surface area contributed by atoms with Gasteiger partial charge in [-0.15, -0.1) is 0 Å². The number of amides is 1. The number of piperidine rings is 2. The average molecular weight is 565 g/mol. The predicted molar refractivity (Wildman–Crippen MR) is 160 cm³/mol. The Morgan fingerprint density at radius 1 is 0.756 bits per heavy atom. The molecule has 2 N–H and O–H groups in total. The molecule has 0 atom stereocenters. The minimum atomic E-state index is -0.273. The van der Waals surface area contributed by atoms with E-state index in [4.69, 9.17) is 9.47 Å². The molecule has 0 aromatic heterocycles. The first-order chi connectivity index (χ1) is 20.1. The standard InChI is InChI=1S/C33H45FN4O3/c34-26-21-27(37-18-14-36-15-19-37)23-30(22-26)40-29-10-16-38(17-11-29)33(39)25-6-7-32(41-28-8-12-35-13-9-28)31(20-25)24-4-2-1-3-5-24/h6-7,20-24,28-29,35-36H,1-5,8-19H2.